The van der Waals surface area contributed by atoms with E-state index in [1.165, 1.54) is 5.69 Å². The average molecular weight is 492 g/mol. The molecule has 8 heteroatoms. The van der Waals surface area contributed by atoms with Gasteiger partial charge in [0, 0.05) is 36.7 Å². The highest BCUT2D eigenvalue weighted by Gasteiger charge is 2.14. The van der Waals surface area contributed by atoms with Gasteiger partial charge in [-0.2, -0.15) is 4.98 Å². The predicted octanol–water partition coefficient (Wildman–Crippen LogP) is 5.18. The molecule has 1 saturated heterocycles. The van der Waals surface area contributed by atoms with Gasteiger partial charge in [0.2, 0.25) is 5.95 Å². The SMILES string of the molecule is Cc1nc2cccc(C#Cc3nc(Nc4ccc(N5CCOCC5)cc4)nc4[nH]ccc34)c2n1C(C)C. The second-order valence-corrected chi connectivity index (χ2v) is 9.45. The van der Waals surface area contributed by atoms with Gasteiger partial charge in [0.15, 0.2) is 0 Å². The minimum atomic E-state index is 0.286. The lowest BCUT2D eigenvalue weighted by Crippen LogP contribution is -2.36. The lowest BCUT2D eigenvalue weighted by atomic mass is 10.1. The van der Waals surface area contributed by atoms with Crippen LogP contribution in [0.3, 0.4) is 0 Å². The molecule has 4 heterocycles. The molecule has 2 N–H and O–H groups in total. The Morgan fingerprint density at radius 2 is 1.78 bits per heavy atom. The first-order valence-corrected chi connectivity index (χ1v) is 12.6. The molecule has 2 aromatic carbocycles. The zero-order valence-corrected chi connectivity index (χ0v) is 21.2. The molecule has 0 radical (unpaired) electrons. The number of hydrogen-bond donors (Lipinski definition) is 2. The summed E-state index contributed by atoms with van der Waals surface area (Å²) in [6.45, 7) is 9.72. The van der Waals surface area contributed by atoms with Gasteiger partial charge in [-0.1, -0.05) is 12.0 Å². The van der Waals surface area contributed by atoms with Gasteiger partial charge in [-0.05, 0) is 69.2 Å². The summed E-state index contributed by atoms with van der Waals surface area (Å²) in [6.07, 6.45) is 1.86. The number of morpholine rings is 1. The topological polar surface area (TPSA) is 83.9 Å². The van der Waals surface area contributed by atoms with E-state index < -0.39 is 0 Å². The predicted molar refractivity (Wildman–Crippen MR) is 147 cm³/mol. The maximum absolute atomic E-state index is 5.46. The van der Waals surface area contributed by atoms with Crippen molar-refractivity contribution in [2.45, 2.75) is 26.8 Å². The third kappa shape index (κ3) is 4.50. The number of fused-ring (bicyclic) bond motifs is 2. The van der Waals surface area contributed by atoms with Crippen LogP contribution < -0.4 is 10.2 Å². The van der Waals surface area contributed by atoms with Crippen molar-refractivity contribution >= 4 is 39.4 Å². The summed E-state index contributed by atoms with van der Waals surface area (Å²) in [4.78, 5) is 19.7. The molecule has 0 unspecified atom stereocenters. The van der Waals surface area contributed by atoms with Crippen LogP contribution in [0.25, 0.3) is 22.1 Å². The first-order chi connectivity index (χ1) is 18.1. The van der Waals surface area contributed by atoms with Crippen molar-refractivity contribution < 1.29 is 4.74 Å². The summed E-state index contributed by atoms with van der Waals surface area (Å²) >= 11 is 0. The molecule has 0 spiro atoms. The van der Waals surface area contributed by atoms with Gasteiger partial charge in [-0.25, -0.2) is 9.97 Å². The van der Waals surface area contributed by atoms with Crippen LogP contribution in [0.2, 0.25) is 0 Å². The van der Waals surface area contributed by atoms with Crippen molar-refractivity contribution in [3.8, 4) is 11.8 Å². The number of anilines is 3. The summed E-state index contributed by atoms with van der Waals surface area (Å²) in [5.41, 5.74) is 6.46. The molecule has 0 saturated carbocycles. The van der Waals surface area contributed by atoms with Crippen LogP contribution in [-0.4, -0.2) is 50.8 Å². The molecule has 0 aliphatic carbocycles. The van der Waals surface area contributed by atoms with Gasteiger partial charge in [0.05, 0.1) is 35.2 Å². The first kappa shape index (κ1) is 23.1. The van der Waals surface area contributed by atoms with Crippen molar-refractivity contribution in [2.24, 2.45) is 0 Å². The van der Waals surface area contributed by atoms with Crippen LogP contribution in [0.15, 0.2) is 54.7 Å². The first-order valence-electron chi connectivity index (χ1n) is 12.6. The van der Waals surface area contributed by atoms with Gasteiger partial charge in [0.25, 0.3) is 0 Å². The highest BCUT2D eigenvalue weighted by molar-refractivity contribution is 5.85. The zero-order valence-electron chi connectivity index (χ0n) is 21.2. The van der Waals surface area contributed by atoms with Crippen molar-refractivity contribution in [2.75, 3.05) is 36.5 Å². The lowest BCUT2D eigenvalue weighted by Gasteiger charge is -2.28. The van der Waals surface area contributed by atoms with Crippen LogP contribution in [0.4, 0.5) is 17.3 Å². The molecule has 37 heavy (non-hydrogen) atoms. The van der Waals surface area contributed by atoms with Gasteiger partial charge in [-0.15, -0.1) is 0 Å². The van der Waals surface area contributed by atoms with Gasteiger partial charge < -0.3 is 24.5 Å². The number of hydrogen-bond acceptors (Lipinski definition) is 6. The van der Waals surface area contributed by atoms with Gasteiger partial charge in [0.1, 0.15) is 17.2 Å². The molecular weight excluding hydrogens is 462 g/mol. The number of aromatic amines is 1. The number of rotatable bonds is 4. The minimum Gasteiger partial charge on any atom is -0.378 e. The summed E-state index contributed by atoms with van der Waals surface area (Å²) in [6, 6.07) is 16.7. The van der Waals surface area contributed by atoms with Crippen LogP contribution in [0.1, 0.15) is 37.0 Å². The fraction of sp³-hybridized carbons (Fsp3) is 0.276. The monoisotopic (exact) mass is 491 g/mol. The van der Waals surface area contributed by atoms with Crippen molar-refractivity contribution in [1.82, 2.24) is 24.5 Å². The van der Waals surface area contributed by atoms with E-state index >= 15 is 0 Å². The number of imidazole rings is 1. The van der Waals surface area contributed by atoms with Crippen LogP contribution in [-0.2, 0) is 4.74 Å². The van der Waals surface area contributed by atoms with Crippen LogP contribution >= 0.6 is 0 Å². The van der Waals surface area contributed by atoms with Gasteiger partial charge in [-0.3, -0.25) is 0 Å². The van der Waals surface area contributed by atoms with E-state index in [0.717, 1.165) is 65.4 Å². The Kier molecular flexibility index (Phi) is 5.99. The summed E-state index contributed by atoms with van der Waals surface area (Å²) in [5, 5.41) is 4.23. The second-order valence-electron chi connectivity index (χ2n) is 9.45. The number of nitrogens with one attached hydrogen (secondary N) is 2. The Hall–Kier alpha value is -4.35. The molecule has 1 fully saturated rings. The highest BCUT2D eigenvalue weighted by Crippen LogP contribution is 2.25. The maximum atomic E-state index is 5.46. The fourth-order valence-electron chi connectivity index (χ4n) is 4.92. The van der Waals surface area contributed by atoms with Crippen molar-refractivity contribution in [1.29, 1.82) is 0 Å². The number of ether oxygens (including phenoxy) is 1. The van der Waals surface area contributed by atoms with Crippen LogP contribution in [0, 0.1) is 18.8 Å². The molecule has 5 aromatic rings. The molecular formula is C29H29N7O. The normalized spacial score (nSPS) is 13.8. The standard InChI is InChI=1S/C29H29N7O/c1-19(2)36-20(3)31-26-6-4-5-21(27(26)36)7-12-25-24-13-14-30-28(24)34-29(33-25)32-22-8-10-23(11-9-22)35-15-17-37-18-16-35/h4-6,8-11,13-14,19H,15-18H2,1-3H3,(H2,30,32,33,34). The van der Waals surface area contributed by atoms with E-state index in [0.29, 0.717) is 11.6 Å². The summed E-state index contributed by atoms with van der Waals surface area (Å²) in [7, 11) is 0. The third-order valence-electron chi connectivity index (χ3n) is 6.63. The summed E-state index contributed by atoms with van der Waals surface area (Å²) in [5.74, 6) is 8.17. The number of aryl methyl sites for hydroxylation is 1. The number of nitrogens with zero attached hydrogens (tertiary/aromatic N) is 5. The van der Waals surface area contributed by atoms with E-state index in [1.807, 2.05) is 37.4 Å². The molecule has 8 nitrogen and oxygen atoms in total. The molecule has 6 rings (SSSR count). The molecule has 0 amide bonds. The van der Waals surface area contributed by atoms with Crippen LogP contribution in [0.5, 0.6) is 0 Å². The fourth-order valence-corrected chi connectivity index (χ4v) is 4.92. The Balaban J connectivity index is 1.33. The van der Waals surface area contributed by atoms with Crippen molar-refractivity contribution in [3.63, 3.8) is 0 Å². The zero-order chi connectivity index (χ0) is 25.4. The minimum absolute atomic E-state index is 0.286. The molecule has 0 bridgehead atoms. The van der Waals surface area contributed by atoms with E-state index in [2.05, 4.69) is 74.7 Å². The largest absolute Gasteiger partial charge is 0.378 e. The second kappa shape index (κ2) is 9.60. The Morgan fingerprint density at radius 1 is 0.973 bits per heavy atom. The molecule has 3 aromatic heterocycles. The molecule has 1 aliphatic heterocycles. The van der Waals surface area contributed by atoms with Crippen molar-refractivity contribution in [3.05, 3.63) is 71.8 Å². The van der Waals surface area contributed by atoms with Gasteiger partial charge >= 0.3 is 0 Å². The number of H-pyrrole nitrogens is 1. The number of para-hydroxylation sites is 1. The Labute approximate surface area is 215 Å². The Morgan fingerprint density at radius 3 is 2.57 bits per heavy atom. The quantitative estimate of drug-likeness (QED) is 0.337. The van der Waals surface area contributed by atoms with E-state index in [4.69, 9.17) is 14.7 Å². The van der Waals surface area contributed by atoms with E-state index in [9.17, 15) is 0 Å². The highest BCUT2D eigenvalue weighted by atomic mass is 16.5. The molecule has 0 atom stereocenters. The van der Waals surface area contributed by atoms with E-state index in [-0.39, 0.29) is 6.04 Å². The van der Waals surface area contributed by atoms with E-state index in [1.54, 1.807) is 0 Å². The molecule has 1 aliphatic rings. The molecule has 186 valence electrons. The lowest BCUT2D eigenvalue weighted by molar-refractivity contribution is 0.122. The smallest absolute Gasteiger partial charge is 0.230 e. The number of aromatic nitrogens is 5. The maximum Gasteiger partial charge on any atom is 0.230 e. The Bertz CT molecular complexity index is 1630. The number of benzene rings is 2. The third-order valence-corrected chi connectivity index (χ3v) is 6.63. The summed E-state index contributed by atoms with van der Waals surface area (Å²) < 4.78 is 7.70. The average Bonchev–Trinajstić information content (AvgIpc) is 3.52.